The van der Waals surface area contributed by atoms with Gasteiger partial charge in [0.2, 0.25) is 10.0 Å². The molecule has 0 aromatic heterocycles. The monoisotopic (exact) mass is 292 g/mol. The molecular weight excluding hydrogens is 268 g/mol. The summed E-state index contributed by atoms with van der Waals surface area (Å²) in [7, 11) is -3.39. The van der Waals surface area contributed by atoms with E-state index < -0.39 is 16.0 Å². The molecule has 0 aliphatic carbocycles. The number of hydrogen-bond acceptors (Lipinski definition) is 5. The van der Waals surface area contributed by atoms with Crippen molar-refractivity contribution in [2.45, 2.75) is 39.2 Å². The van der Waals surface area contributed by atoms with Gasteiger partial charge in [0, 0.05) is 19.1 Å². The molecule has 0 amide bonds. The smallest absolute Gasteiger partial charge is 0.306 e. The third-order valence-corrected chi connectivity index (χ3v) is 5.38. The van der Waals surface area contributed by atoms with E-state index >= 15 is 0 Å². The topological polar surface area (TPSA) is 89.7 Å². The van der Waals surface area contributed by atoms with E-state index in [4.69, 9.17) is 10.5 Å². The molecule has 2 atom stereocenters. The molecule has 1 aliphatic rings. The standard InChI is InChI=1S/C12H24N2O4S/c1-3-10-9-14(7-5-11(10)13)19(16,17)8-6-12(15)18-4-2/h10-11H,3-9,13H2,1-2H3. The minimum Gasteiger partial charge on any atom is -0.466 e. The Morgan fingerprint density at radius 2 is 2.11 bits per heavy atom. The van der Waals surface area contributed by atoms with Gasteiger partial charge in [-0.1, -0.05) is 13.3 Å². The zero-order valence-corrected chi connectivity index (χ0v) is 12.5. The quantitative estimate of drug-likeness (QED) is 0.712. The Hall–Kier alpha value is -0.660. The maximum Gasteiger partial charge on any atom is 0.306 e. The summed E-state index contributed by atoms with van der Waals surface area (Å²) in [5, 5.41) is 0. The van der Waals surface area contributed by atoms with Gasteiger partial charge in [-0.05, 0) is 19.3 Å². The second-order valence-electron chi connectivity index (χ2n) is 4.85. The lowest BCUT2D eigenvalue weighted by Gasteiger charge is -2.35. The summed E-state index contributed by atoms with van der Waals surface area (Å²) < 4.78 is 30.5. The van der Waals surface area contributed by atoms with Crippen molar-refractivity contribution in [2.75, 3.05) is 25.4 Å². The van der Waals surface area contributed by atoms with E-state index in [1.165, 1.54) is 4.31 Å². The highest BCUT2D eigenvalue weighted by Crippen LogP contribution is 2.21. The van der Waals surface area contributed by atoms with E-state index in [1.807, 2.05) is 6.92 Å². The van der Waals surface area contributed by atoms with Crippen LogP contribution in [0, 0.1) is 5.92 Å². The molecule has 19 heavy (non-hydrogen) atoms. The maximum absolute atomic E-state index is 12.1. The van der Waals surface area contributed by atoms with Crippen molar-refractivity contribution in [2.24, 2.45) is 11.7 Å². The van der Waals surface area contributed by atoms with Crippen LogP contribution in [-0.2, 0) is 19.6 Å². The van der Waals surface area contributed by atoms with E-state index in [-0.39, 0.29) is 30.7 Å². The highest BCUT2D eigenvalue weighted by molar-refractivity contribution is 7.89. The van der Waals surface area contributed by atoms with Gasteiger partial charge in [-0.2, -0.15) is 0 Å². The van der Waals surface area contributed by atoms with Gasteiger partial charge in [-0.15, -0.1) is 0 Å². The molecule has 1 saturated heterocycles. The summed E-state index contributed by atoms with van der Waals surface area (Å²) in [6.07, 6.45) is 1.46. The Morgan fingerprint density at radius 1 is 1.42 bits per heavy atom. The van der Waals surface area contributed by atoms with E-state index in [1.54, 1.807) is 6.92 Å². The highest BCUT2D eigenvalue weighted by atomic mass is 32.2. The van der Waals surface area contributed by atoms with Crippen LogP contribution in [-0.4, -0.2) is 50.2 Å². The van der Waals surface area contributed by atoms with Crippen LogP contribution in [0.2, 0.25) is 0 Å². The summed E-state index contributed by atoms with van der Waals surface area (Å²) in [6, 6.07) is 0.0708. The molecule has 0 spiro atoms. The number of carbonyl (C=O) groups is 1. The van der Waals surface area contributed by atoms with Gasteiger partial charge in [0.15, 0.2) is 0 Å². The summed E-state index contributed by atoms with van der Waals surface area (Å²) >= 11 is 0. The highest BCUT2D eigenvalue weighted by Gasteiger charge is 2.32. The zero-order valence-electron chi connectivity index (χ0n) is 11.7. The van der Waals surface area contributed by atoms with Gasteiger partial charge in [-0.25, -0.2) is 12.7 Å². The second-order valence-corrected chi connectivity index (χ2v) is 6.94. The zero-order chi connectivity index (χ0) is 14.5. The third-order valence-electron chi connectivity index (χ3n) is 3.54. The van der Waals surface area contributed by atoms with Crippen LogP contribution < -0.4 is 5.73 Å². The predicted octanol–water partition coefficient (Wildman–Crippen LogP) is 0.329. The Morgan fingerprint density at radius 3 is 2.68 bits per heavy atom. The first kappa shape index (κ1) is 16.4. The number of ether oxygens (including phenoxy) is 1. The number of rotatable bonds is 6. The van der Waals surface area contributed by atoms with E-state index in [9.17, 15) is 13.2 Å². The molecule has 2 unspecified atom stereocenters. The Labute approximate surface area is 115 Å². The molecule has 2 N–H and O–H groups in total. The largest absolute Gasteiger partial charge is 0.466 e. The molecule has 7 heteroatoms. The van der Waals surface area contributed by atoms with Crippen LogP contribution in [0.5, 0.6) is 0 Å². The molecule has 0 saturated carbocycles. The van der Waals surface area contributed by atoms with Crippen molar-refractivity contribution in [1.29, 1.82) is 0 Å². The van der Waals surface area contributed by atoms with E-state index in [0.29, 0.717) is 19.5 Å². The Balaban J connectivity index is 2.55. The van der Waals surface area contributed by atoms with Crippen molar-refractivity contribution < 1.29 is 17.9 Å². The number of sulfonamides is 1. The third kappa shape index (κ3) is 4.74. The minimum atomic E-state index is -3.39. The second kappa shape index (κ2) is 7.21. The minimum absolute atomic E-state index is 0.0708. The molecule has 1 rings (SSSR count). The first-order valence-electron chi connectivity index (χ1n) is 6.79. The fourth-order valence-corrected chi connectivity index (χ4v) is 3.76. The molecule has 0 aromatic rings. The van der Waals surface area contributed by atoms with Crippen molar-refractivity contribution in [3.8, 4) is 0 Å². The summed E-state index contributed by atoms with van der Waals surface area (Å²) in [6.45, 7) is 4.89. The van der Waals surface area contributed by atoms with Gasteiger partial charge in [0.1, 0.15) is 0 Å². The molecule has 1 aliphatic heterocycles. The van der Waals surface area contributed by atoms with Crippen LogP contribution in [0.15, 0.2) is 0 Å². The van der Waals surface area contributed by atoms with Gasteiger partial charge >= 0.3 is 5.97 Å². The van der Waals surface area contributed by atoms with E-state index in [0.717, 1.165) is 6.42 Å². The van der Waals surface area contributed by atoms with Crippen LogP contribution in [0.1, 0.15) is 33.1 Å². The van der Waals surface area contributed by atoms with Crippen molar-refractivity contribution in [1.82, 2.24) is 4.31 Å². The maximum atomic E-state index is 12.1. The van der Waals surface area contributed by atoms with Crippen molar-refractivity contribution >= 4 is 16.0 Å². The summed E-state index contributed by atoms with van der Waals surface area (Å²) in [5.74, 6) is -0.449. The lowest BCUT2D eigenvalue weighted by molar-refractivity contribution is -0.142. The first-order valence-corrected chi connectivity index (χ1v) is 8.40. The Bertz CT molecular complexity index is 397. The molecule has 1 fully saturated rings. The van der Waals surface area contributed by atoms with Gasteiger partial charge in [0.25, 0.3) is 0 Å². The van der Waals surface area contributed by atoms with E-state index in [2.05, 4.69) is 0 Å². The molecule has 0 bridgehead atoms. The van der Waals surface area contributed by atoms with Crippen molar-refractivity contribution in [3.05, 3.63) is 0 Å². The normalized spacial score (nSPS) is 25.2. The average molecular weight is 292 g/mol. The summed E-state index contributed by atoms with van der Waals surface area (Å²) in [4.78, 5) is 11.2. The van der Waals surface area contributed by atoms with Gasteiger partial charge in [0.05, 0.1) is 18.8 Å². The van der Waals surface area contributed by atoms with Crippen LogP contribution in [0.4, 0.5) is 0 Å². The molecule has 6 nitrogen and oxygen atoms in total. The molecular formula is C12H24N2O4S. The molecule has 0 aromatic carbocycles. The fraction of sp³-hybridized carbons (Fsp3) is 0.917. The predicted molar refractivity (Wildman–Crippen MR) is 73.0 cm³/mol. The molecule has 1 heterocycles. The Kier molecular flexibility index (Phi) is 6.22. The van der Waals surface area contributed by atoms with Crippen LogP contribution in [0.25, 0.3) is 0 Å². The average Bonchev–Trinajstić information content (AvgIpc) is 2.37. The van der Waals surface area contributed by atoms with Crippen LogP contribution >= 0.6 is 0 Å². The fourth-order valence-electron chi connectivity index (χ4n) is 2.28. The number of nitrogens with zero attached hydrogens (tertiary/aromatic N) is 1. The van der Waals surface area contributed by atoms with Crippen LogP contribution in [0.3, 0.4) is 0 Å². The number of piperidine rings is 1. The number of carbonyl (C=O) groups excluding carboxylic acids is 1. The summed E-state index contributed by atoms with van der Waals surface area (Å²) in [5.41, 5.74) is 5.96. The SMILES string of the molecule is CCOC(=O)CCS(=O)(=O)N1CCC(N)C(CC)C1. The lowest BCUT2D eigenvalue weighted by Crippen LogP contribution is -2.49. The van der Waals surface area contributed by atoms with Gasteiger partial charge < -0.3 is 10.5 Å². The first-order chi connectivity index (χ1) is 8.90. The molecule has 112 valence electrons. The number of hydrogen-bond donors (Lipinski definition) is 1. The number of nitrogens with two attached hydrogens (primary N) is 1. The van der Waals surface area contributed by atoms with Crippen molar-refractivity contribution in [3.63, 3.8) is 0 Å². The molecule has 0 radical (unpaired) electrons. The lowest BCUT2D eigenvalue weighted by atomic mass is 9.92. The number of esters is 1. The van der Waals surface area contributed by atoms with Gasteiger partial charge in [-0.3, -0.25) is 4.79 Å².